The van der Waals surface area contributed by atoms with Crippen LogP contribution >= 0.6 is 11.6 Å². The molecule has 0 aromatic heterocycles. The summed E-state index contributed by atoms with van der Waals surface area (Å²) in [4.78, 5) is 11.0. The van der Waals surface area contributed by atoms with Gasteiger partial charge in [0.2, 0.25) is 5.91 Å². The lowest BCUT2D eigenvalue weighted by molar-refractivity contribution is -0.121. The van der Waals surface area contributed by atoms with Crippen LogP contribution in [0.15, 0.2) is 24.3 Å². The van der Waals surface area contributed by atoms with Gasteiger partial charge in [-0.3, -0.25) is 4.79 Å². The third-order valence-corrected chi connectivity index (χ3v) is 2.42. The van der Waals surface area contributed by atoms with Crippen LogP contribution in [0.4, 0.5) is 0 Å². The van der Waals surface area contributed by atoms with Crippen LogP contribution in [0.3, 0.4) is 0 Å². The summed E-state index contributed by atoms with van der Waals surface area (Å²) in [5, 5.41) is 12.9. The van der Waals surface area contributed by atoms with E-state index in [0.29, 0.717) is 17.0 Å². The maximum Gasteiger partial charge on any atom is 0.219 e. The first kappa shape index (κ1) is 12.0. The van der Waals surface area contributed by atoms with Gasteiger partial charge in [0.15, 0.2) is 0 Å². The van der Waals surface area contributed by atoms with E-state index in [-0.39, 0.29) is 12.5 Å². The molecule has 0 radical (unpaired) electrons. The highest BCUT2D eigenvalue weighted by Crippen LogP contribution is 2.21. The molecule has 1 unspecified atom stereocenters. The van der Waals surface area contributed by atoms with Crippen LogP contribution < -0.4 is 5.32 Å². The predicted molar refractivity (Wildman–Crippen MR) is 59.7 cm³/mol. The number of carbonyl (C=O) groups is 1. The highest BCUT2D eigenvalue weighted by Gasteiger charge is 2.11. The van der Waals surface area contributed by atoms with E-state index in [4.69, 9.17) is 11.6 Å². The van der Waals surface area contributed by atoms with Crippen molar-refractivity contribution < 1.29 is 9.90 Å². The minimum absolute atomic E-state index is 0.0823. The zero-order valence-corrected chi connectivity index (χ0v) is 9.29. The fourth-order valence-corrected chi connectivity index (χ4v) is 1.45. The van der Waals surface area contributed by atoms with E-state index in [1.165, 1.54) is 0 Å². The number of carbonyl (C=O) groups excluding carboxylic acids is 1. The van der Waals surface area contributed by atoms with Crippen molar-refractivity contribution in [2.24, 2.45) is 0 Å². The second-order valence-corrected chi connectivity index (χ2v) is 3.60. The molecular formula is C11H14ClNO2. The Hall–Kier alpha value is -1.06. The number of hydrogen-bond donors (Lipinski definition) is 2. The summed E-state index contributed by atoms with van der Waals surface area (Å²) in [6.07, 6.45) is -0.343. The summed E-state index contributed by atoms with van der Waals surface area (Å²) in [5.74, 6) is -0.0823. The summed E-state index contributed by atoms with van der Waals surface area (Å²) in [6.45, 7) is 1.95. The minimum Gasteiger partial charge on any atom is -0.387 e. The van der Waals surface area contributed by atoms with Crippen molar-refractivity contribution in [2.45, 2.75) is 19.4 Å². The Kier molecular flexibility index (Phi) is 4.59. The van der Waals surface area contributed by atoms with Gasteiger partial charge in [0.1, 0.15) is 0 Å². The van der Waals surface area contributed by atoms with E-state index in [1.54, 1.807) is 31.2 Å². The molecule has 1 amide bonds. The van der Waals surface area contributed by atoms with Gasteiger partial charge in [-0.2, -0.15) is 0 Å². The standard InChI is InChI=1S/C11H14ClNO2/c1-2-11(15)13-7-10(14)8-5-3-4-6-9(8)12/h3-6,10,14H,2,7H2,1H3,(H,13,15). The molecule has 1 atom stereocenters. The van der Waals surface area contributed by atoms with Crippen molar-refractivity contribution in [2.75, 3.05) is 6.54 Å². The second kappa shape index (κ2) is 5.73. The molecular weight excluding hydrogens is 214 g/mol. The number of rotatable bonds is 4. The van der Waals surface area contributed by atoms with Gasteiger partial charge in [-0.05, 0) is 6.07 Å². The quantitative estimate of drug-likeness (QED) is 0.826. The molecule has 0 saturated heterocycles. The lowest BCUT2D eigenvalue weighted by Crippen LogP contribution is -2.27. The molecule has 0 heterocycles. The van der Waals surface area contributed by atoms with E-state index in [9.17, 15) is 9.90 Å². The van der Waals surface area contributed by atoms with Crippen molar-refractivity contribution in [3.8, 4) is 0 Å². The molecule has 0 spiro atoms. The Labute approximate surface area is 94.1 Å². The van der Waals surface area contributed by atoms with Gasteiger partial charge in [-0.15, -0.1) is 0 Å². The van der Waals surface area contributed by atoms with Crippen molar-refractivity contribution in [1.29, 1.82) is 0 Å². The Balaban J connectivity index is 2.57. The molecule has 4 heteroatoms. The van der Waals surface area contributed by atoms with Crippen LogP contribution in [-0.2, 0) is 4.79 Å². The first-order chi connectivity index (χ1) is 7.15. The predicted octanol–water partition coefficient (Wildman–Crippen LogP) is 1.90. The molecule has 0 fully saturated rings. The largest absolute Gasteiger partial charge is 0.387 e. The molecule has 1 aromatic rings. The normalized spacial score (nSPS) is 12.2. The zero-order chi connectivity index (χ0) is 11.3. The smallest absolute Gasteiger partial charge is 0.219 e. The number of benzene rings is 1. The highest BCUT2D eigenvalue weighted by atomic mass is 35.5. The summed E-state index contributed by atoms with van der Waals surface area (Å²) >= 11 is 5.90. The Morgan fingerprint density at radius 2 is 2.20 bits per heavy atom. The van der Waals surface area contributed by atoms with Crippen LogP contribution in [0.25, 0.3) is 0 Å². The SMILES string of the molecule is CCC(=O)NCC(O)c1ccccc1Cl. The van der Waals surface area contributed by atoms with Gasteiger partial charge in [0, 0.05) is 23.6 Å². The van der Waals surface area contributed by atoms with Crippen LogP contribution in [0, 0.1) is 0 Å². The monoisotopic (exact) mass is 227 g/mol. The second-order valence-electron chi connectivity index (χ2n) is 3.19. The van der Waals surface area contributed by atoms with Crippen molar-refractivity contribution >= 4 is 17.5 Å². The number of halogens is 1. The summed E-state index contributed by atoms with van der Waals surface area (Å²) in [5.41, 5.74) is 0.635. The Bertz CT molecular complexity index is 341. The van der Waals surface area contributed by atoms with E-state index in [0.717, 1.165) is 0 Å². The summed E-state index contributed by atoms with van der Waals surface area (Å²) in [6, 6.07) is 7.04. The van der Waals surface area contributed by atoms with Gasteiger partial charge in [-0.1, -0.05) is 36.7 Å². The average Bonchev–Trinajstić information content (AvgIpc) is 2.26. The van der Waals surface area contributed by atoms with Gasteiger partial charge >= 0.3 is 0 Å². The van der Waals surface area contributed by atoms with E-state index < -0.39 is 6.10 Å². The van der Waals surface area contributed by atoms with Crippen molar-refractivity contribution in [3.63, 3.8) is 0 Å². The van der Waals surface area contributed by atoms with Gasteiger partial charge in [-0.25, -0.2) is 0 Å². The molecule has 15 heavy (non-hydrogen) atoms. The van der Waals surface area contributed by atoms with E-state index >= 15 is 0 Å². The molecule has 0 bridgehead atoms. The van der Waals surface area contributed by atoms with Crippen LogP contribution in [0.5, 0.6) is 0 Å². The maximum absolute atomic E-state index is 11.0. The van der Waals surface area contributed by atoms with Gasteiger partial charge in [0.05, 0.1) is 6.10 Å². The Morgan fingerprint density at radius 1 is 1.53 bits per heavy atom. The van der Waals surface area contributed by atoms with Crippen LogP contribution in [0.1, 0.15) is 25.0 Å². The third kappa shape index (κ3) is 3.53. The number of aliphatic hydroxyl groups excluding tert-OH is 1. The topological polar surface area (TPSA) is 49.3 Å². The van der Waals surface area contributed by atoms with Gasteiger partial charge < -0.3 is 10.4 Å². The average molecular weight is 228 g/mol. The molecule has 82 valence electrons. The molecule has 1 rings (SSSR count). The molecule has 3 nitrogen and oxygen atoms in total. The van der Waals surface area contributed by atoms with Crippen molar-refractivity contribution in [3.05, 3.63) is 34.9 Å². The minimum atomic E-state index is -0.755. The van der Waals surface area contributed by atoms with Crippen molar-refractivity contribution in [1.82, 2.24) is 5.32 Å². The maximum atomic E-state index is 11.0. The van der Waals surface area contributed by atoms with Crippen LogP contribution in [-0.4, -0.2) is 17.6 Å². The number of hydrogen-bond acceptors (Lipinski definition) is 2. The van der Waals surface area contributed by atoms with E-state index in [1.807, 2.05) is 0 Å². The number of aliphatic hydroxyl groups is 1. The molecule has 2 N–H and O–H groups in total. The third-order valence-electron chi connectivity index (χ3n) is 2.08. The highest BCUT2D eigenvalue weighted by molar-refractivity contribution is 6.31. The molecule has 0 aliphatic rings. The lowest BCUT2D eigenvalue weighted by Gasteiger charge is -2.13. The molecule has 0 saturated carbocycles. The first-order valence-electron chi connectivity index (χ1n) is 4.84. The molecule has 0 aliphatic heterocycles. The lowest BCUT2D eigenvalue weighted by atomic mass is 10.1. The van der Waals surface area contributed by atoms with E-state index in [2.05, 4.69) is 5.32 Å². The number of amides is 1. The first-order valence-corrected chi connectivity index (χ1v) is 5.22. The zero-order valence-electron chi connectivity index (χ0n) is 8.53. The summed E-state index contributed by atoms with van der Waals surface area (Å²) in [7, 11) is 0. The Morgan fingerprint density at radius 3 is 2.80 bits per heavy atom. The summed E-state index contributed by atoms with van der Waals surface area (Å²) < 4.78 is 0. The fraction of sp³-hybridized carbons (Fsp3) is 0.364. The number of nitrogens with one attached hydrogen (secondary N) is 1. The van der Waals surface area contributed by atoms with Crippen LogP contribution in [0.2, 0.25) is 5.02 Å². The molecule has 0 aliphatic carbocycles. The van der Waals surface area contributed by atoms with Gasteiger partial charge in [0.25, 0.3) is 0 Å². The fourth-order valence-electron chi connectivity index (χ4n) is 1.19. The molecule has 1 aromatic carbocycles.